The zero-order valence-electron chi connectivity index (χ0n) is 22.8. The number of carboxylic acid groups (broad SMARTS) is 2. The van der Waals surface area contributed by atoms with Crippen LogP contribution >= 0.6 is 0 Å². The number of nitrogens with two attached hydrogens (primary N) is 2. The van der Waals surface area contributed by atoms with Crippen molar-refractivity contribution in [2.45, 2.75) is 69.1 Å². The fraction of sp³-hybridized carbons (Fsp3) is 0.414. The minimum atomic E-state index is -1.47. The molecule has 0 saturated heterocycles. The van der Waals surface area contributed by atoms with Gasteiger partial charge in [0.15, 0.2) is 0 Å². The molecule has 0 bridgehead atoms. The molecule has 0 heterocycles. The van der Waals surface area contributed by atoms with E-state index in [-0.39, 0.29) is 19.3 Å². The first-order valence-electron chi connectivity index (χ1n) is 13.5. The van der Waals surface area contributed by atoms with Gasteiger partial charge in [-0.3, -0.25) is 19.2 Å². The molecule has 2 aromatic rings. The zero-order chi connectivity index (χ0) is 30.2. The summed E-state index contributed by atoms with van der Waals surface area (Å²) in [6.07, 6.45) is 1.06. The number of hydrogen-bond donors (Lipinski definition) is 7. The number of amides is 3. The molecule has 0 spiro atoms. The minimum absolute atomic E-state index is 0.0221. The molecule has 0 radical (unpaired) electrons. The summed E-state index contributed by atoms with van der Waals surface area (Å²) in [6, 6.07) is 13.1. The van der Waals surface area contributed by atoms with Gasteiger partial charge in [0, 0.05) is 19.3 Å². The van der Waals surface area contributed by atoms with Crippen molar-refractivity contribution >= 4 is 29.7 Å². The Bertz CT molecular complexity index is 1150. The van der Waals surface area contributed by atoms with Crippen molar-refractivity contribution in [3.8, 4) is 0 Å². The first-order chi connectivity index (χ1) is 19.6. The molecular formula is C29H39N5O7. The van der Waals surface area contributed by atoms with Crippen molar-refractivity contribution in [3.63, 3.8) is 0 Å². The molecule has 9 N–H and O–H groups in total. The largest absolute Gasteiger partial charge is 0.481 e. The van der Waals surface area contributed by atoms with Gasteiger partial charge in [-0.15, -0.1) is 0 Å². The fourth-order valence-electron chi connectivity index (χ4n) is 4.11. The number of carbonyl (C=O) groups is 5. The summed E-state index contributed by atoms with van der Waals surface area (Å²) in [5.41, 5.74) is 13.0. The maximum absolute atomic E-state index is 13.5. The molecule has 4 atom stereocenters. The summed E-state index contributed by atoms with van der Waals surface area (Å²) in [5, 5.41) is 26.1. The summed E-state index contributed by atoms with van der Waals surface area (Å²) >= 11 is 0. The van der Waals surface area contributed by atoms with Crippen molar-refractivity contribution in [3.05, 3.63) is 71.8 Å². The summed E-state index contributed by atoms with van der Waals surface area (Å²) in [4.78, 5) is 62.3. The van der Waals surface area contributed by atoms with Gasteiger partial charge in [0.25, 0.3) is 0 Å². The van der Waals surface area contributed by atoms with Gasteiger partial charge in [-0.1, -0.05) is 67.1 Å². The third kappa shape index (κ3) is 12.2. The Hall–Kier alpha value is -4.29. The Balaban J connectivity index is 2.27. The van der Waals surface area contributed by atoms with Crippen LogP contribution in [-0.4, -0.2) is 70.6 Å². The molecule has 222 valence electrons. The van der Waals surface area contributed by atoms with E-state index in [1.54, 1.807) is 54.6 Å². The van der Waals surface area contributed by atoms with E-state index in [0.717, 1.165) is 5.56 Å². The molecular weight excluding hydrogens is 530 g/mol. The second kappa shape index (κ2) is 17.4. The van der Waals surface area contributed by atoms with Crippen LogP contribution in [0.5, 0.6) is 0 Å². The monoisotopic (exact) mass is 569 g/mol. The Morgan fingerprint density at radius 2 is 1.12 bits per heavy atom. The van der Waals surface area contributed by atoms with E-state index in [1.165, 1.54) is 0 Å². The molecule has 0 saturated carbocycles. The molecule has 41 heavy (non-hydrogen) atoms. The highest BCUT2D eigenvalue weighted by Gasteiger charge is 2.31. The van der Waals surface area contributed by atoms with E-state index in [0.29, 0.717) is 31.4 Å². The second-order valence-electron chi connectivity index (χ2n) is 9.72. The lowest BCUT2D eigenvalue weighted by Crippen LogP contribution is -2.58. The number of nitrogens with one attached hydrogen (secondary N) is 3. The van der Waals surface area contributed by atoms with Gasteiger partial charge in [-0.2, -0.15) is 0 Å². The quantitative estimate of drug-likeness (QED) is 0.123. The van der Waals surface area contributed by atoms with Crippen molar-refractivity contribution in [1.29, 1.82) is 0 Å². The first kappa shape index (κ1) is 32.9. The number of benzene rings is 2. The molecule has 4 unspecified atom stereocenters. The van der Waals surface area contributed by atoms with E-state index < -0.39 is 60.2 Å². The third-order valence-corrected chi connectivity index (χ3v) is 6.40. The van der Waals surface area contributed by atoms with Crippen LogP contribution in [0.2, 0.25) is 0 Å². The zero-order valence-corrected chi connectivity index (χ0v) is 22.8. The summed E-state index contributed by atoms with van der Waals surface area (Å²) < 4.78 is 0. The lowest BCUT2D eigenvalue weighted by atomic mass is 10.0. The Morgan fingerprint density at radius 1 is 0.659 bits per heavy atom. The first-order valence-corrected chi connectivity index (χ1v) is 13.5. The summed E-state index contributed by atoms with van der Waals surface area (Å²) in [6.45, 7) is 0.470. The van der Waals surface area contributed by atoms with Gasteiger partial charge >= 0.3 is 11.9 Å². The van der Waals surface area contributed by atoms with Gasteiger partial charge in [0.1, 0.15) is 18.1 Å². The smallest absolute Gasteiger partial charge is 0.326 e. The van der Waals surface area contributed by atoms with Gasteiger partial charge in [0.05, 0.1) is 6.04 Å². The van der Waals surface area contributed by atoms with Crippen LogP contribution in [-0.2, 0) is 36.8 Å². The molecule has 12 nitrogen and oxygen atoms in total. The Labute approximate surface area is 238 Å². The van der Waals surface area contributed by atoms with Crippen LogP contribution in [0, 0.1) is 0 Å². The molecule has 0 fully saturated rings. The van der Waals surface area contributed by atoms with Crippen LogP contribution in [0.15, 0.2) is 60.7 Å². The molecule has 2 aromatic carbocycles. The van der Waals surface area contributed by atoms with Crippen LogP contribution in [0.25, 0.3) is 0 Å². The molecule has 3 amide bonds. The van der Waals surface area contributed by atoms with Crippen LogP contribution < -0.4 is 27.4 Å². The second-order valence-corrected chi connectivity index (χ2v) is 9.72. The highest BCUT2D eigenvalue weighted by Crippen LogP contribution is 2.09. The normalized spacial score (nSPS) is 13.7. The van der Waals surface area contributed by atoms with E-state index in [1.807, 2.05) is 6.07 Å². The molecule has 0 aliphatic carbocycles. The molecule has 12 heteroatoms. The predicted molar refractivity (Wildman–Crippen MR) is 151 cm³/mol. The maximum atomic E-state index is 13.5. The molecule has 2 rings (SSSR count). The van der Waals surface area contributed by atoms with Crippen LogP contribution in [0.1, 0.15) is 43.2 Å². The highest BCUT2D eigenvalue weighted by atomic mass is 16.4. The van der Waals surface area contributed by atoms with Crippen molar-refractivity contribution in [1.82, 2.24) is 16.0 Å². The lowest BCUT2D eigenvalue weighted by Gasteiger charge is -2.25. The predicted octanol–water partition coefficient (Wildman–Crippen LogP) is 0.332. The standard InChI is InChI=1S/C29H39N5O7/c30-16-8-7-13-21(31)26(37)33-23(17-19-9-3-1-4-10-19)28(39)34-24(18-20-11-5-2-6-12-20)27(38)32-22(29(40)41)14-15-25(35)36/h1-6,9-12,21-24H,7-8,13-18,30-31H2,(H,32,38)(H,33,37)(H,34,39)(H,35,36)(H,40,41). The topological polar surface area (TPSA) is 214 Å². The summed E-state index contributed by atoms with van der Waals surface area (Å²) in [7, 11) is 0. The van der Waals surface area contributed by atoms with E-state index >= 15 is 0 Å². The SMILES string of the molecule is NCCCCC(N)C(=O)NC(Cc1ccccc1)C(=O)NC(Cc1ccccc1)C(=O)NC(CCC(=O)O)C(=O)O. The number of aliphatic carboxylic acids is 2. The molecule has 0 aromatic heterocycles. The average molecular weight is 570 g/mol. The summed E-state index contributed by atoms with van der Waals surface area (Å²) in [5.74, 6) is -4.60. The van der Waals surface area contributed by atoms with Crippen molar-refractivity contribution < 1.29 is 34.2 Å². The van der Waals surface area contributed by atoms with Crippen molar-refractivity contribution in [2.75, 3.05) is 6.54 Å². The van der Waals surface area contributed by atoms with Crippen molar-refractivity contribution in [2.24, 2.45) is 11.5 Å². The van der Waals surface area contributed by atoms with E-state index in [4.69, 9.17) is 16.6 Å². The highest BCUT2D eigenvalue weighted by molar-refractivity contribution is 5.94. The number of hydrogen-bond acceptors (Lipinski definition) is 7. The van der Waals surface area contributed by atoms with Gasteiger partial charge in [0.2, 0.25) is 17.7 Å². The number of unbranched alkanes of at least 4 members (excludes halogenated alkanes) is 1. The Morgan fingerprint density at radius 3 is 1.56 bits per heavy atom. The maximum Gasteiger partial charge on any atom is 0.326 e. The fourth-order valence-corrected chi connectivity index (χ4v) is 4.11. The van der Waals surface area contributed by atoms with Crippen LogP contribution in [0.3, 0.4) is 0 Å². The molecule has 0 aliphatic heterocycles. The number of carbonyl (C=O) groups excluding carboxylic acids is 3. The number of carboxylic acids is 2. The number of rotatable bonds is 18. The minimum Gasteiger partial charge on any atom is -0.481 e. The van der Waals surface area contributed by atoms with Gasteiger partial charge in [-0.25, -0.2) is 4.79 Å². The van der Waals surface area contributed by atoms with Gasteiger partial charge < -0.3 is 37.6 Å². The van der Waals surface area contributed by atoms with Crippen LogP contribution in [0.4, 0.5) is 0 Å². The van der Waals surface area contributed by atoms with E-state index in [9.17, 15) is 29.1 Å². The average Bonchev–Trinajstić information content (AvgIpc) is 2.95. The Kier molecular flexibility index (Phi) is 14.0. The van der Waals surface area contributed by atoms with Gasteiger partial charge in [-0.05, 0) is 36.9 Å². The molecule has 0 aliphatic rings. The lowest BCUT2D eigenvalue weighted by molar-refractivity contribution is -0.143. The third-order valence-electron chi connectivity index (χ3n) is 6.40. The van der Waals surface area contributed by atoms with E-state index in [2.05, 4.69) is 16.0 Å².